The van der Waals surface area contributed by atoms with E-state index in [0.29, 0.717) is 11.1 Å². The third-order valence-electron chi connectivity index (χ3n) is 5.03. The molecular formula is C19H20N2O2. The van der Waals surface area contributed by atoms with E-state index in [-0.39, 0.29) is 11.8 Å². The highest BCUT2D eigenvalue weighted by Crippen LogP contribution is 2.36. The van der Waals surface area contributed by atoms with Crippen molar-refractivity contribution in [3.8, 4) is 0 Å². The Balaban J connectivity index is 1.94. The lowest BCUT2D eigenvalue weighted by molar-refractivity contribution is 0.0651. The predicted molar refractivity (Wildman–Crippen MR) is 91.1 cm³/mol. The number of hydrogen-bond acceptors (Lipinski definition) is 3. The van der Waals surface area contributed by atoms with Gasteiger partial charge < -0.3 is 4.90 Å². The normalized spacial score (nSPS) is 18.5. The van der Waals surface area contributed by atoms with Crippen LogP contribution >= 0.6 is 0 Å². The van der Waals surface area contributed by atoms with E-state index in [4.69, 9.17) is 0 Å². The Bertz CT molecular complexity index is 782. The van der Waals surface area contributed by atoms with Crippen LogP contribution in [-0.2, 0) is 0 Å². The molecule has 0 bridgehead atoms. The Kier molecular flexibility index (Phi) is 3.33. The molecule has 0 atom stereocenters. The maximum absolute atomic E-state index is 12.4. The SMILES string of the molecule is CN1C(=O)c2cccc3c(N4CCCCCC4)ccc(c23)C1=O. The van der Waals surface area contributed by atoms with Crippen molar-refractivity contribution in [1.29, 1.82) is 0 Å². The van der Waals surface area contributed by atoms with Crippen LogP contribution in [0.2, 0.25) is 0 Å². The van der Waals surface area contributed by atoms with Gasteiger partial charge in [0.2, 0.25) is 0 Å². The summed E-state index contributed by atoms with van der Waals surface area (Å²) in [5.74, 6) is -0.415. The summed E-state index contributed by atoms with van der Waals surface area (Å²) >= 11 is 0. The monoisotopic (exact) mass is 308 g/mol. The maximum Gasteiger partial charge on any atom is 0.261 e. The highest BCUT2D eigenvalue weighted by atomic mass is 16.2. The van der Waals surface area contributed by atoms with Crippen LogP contribution in [0.3, 0.4) is 0 Å². The number of benzene rings is 2. The van der Waals surface area contributed by atoms with Crippen LogP contribution in [0.25, 0.3) is 10.8 Å². The first kappa shape index (κ1) is 14.2. The summed E-state index contributed by atoms with van der Waals surface area (Å²) in [6, 6.07) is 9.72. The van der Waals surface area contributed by atoms with Gasteiger partial charge in [0.1, 0.15) is 0 Å². The smallest absolute Gasteiger partial charge is 0.261 e. The van der Waals surface area contributed by atoms with Crippen LogP contribution in [0.1, 0.15) is 46.4 Å². The maximum atomic E-state index is 12.4. The Hall–Kier alpha value is -2.36. The van der Waals surface area contributed by atoms with E-state index in [2.05, 4.69) is 4.90 Å². The van der Waals surface area contributed by atoms with Gasteiger partial charge in [-0.1, -0.05) is 25.0 Å². The molecule has 2 aliphatic rings. The number of rotatable bonds is 1. The van der Waals surface area contributed by atoms with E-state index in [1.165, 1.54) is 30.6 Å². The van der Waals surface area contributed by atoms with Gasteiger partial charge in [-0.25, -0.2) is 0 Å². The quantitative estimate of drug-likeness (QED) is 0.758. The number of amides is 2. The second kappa shape index (κ2) is 5.37. The standard InChI is InChI=1S/C19H20N2O2/c1-20-18(22)14-8-6-7-13-16(21-11-4-2-3-5-12-21)10-9-15(17(13)14)19(20)23/h6-10H,2-5,11-12H2,1H3. The number of anilines is 1. The van der Waals surface area contributed by atoms with Crippen molar-refractivity contribution < 1.29 is 9.59 Å². The summed E-state index contributed by atoms with van der Waals surface area (Å²) in [6.45, 7) is 2.08. The number of carbonyl (C=O) groups is 2. The topological polar surface area (TPSA) is 40.6 Å². The number of imide groups is 1. The second-order valence-electron chi connectivity index (χ2n) is 6.43. The van der Waals surface area contributed by atoms with Gasteiger partial charge in [0.05, 0.1) is 0 Å². The molecule has 2 aliphatic heterocycles. The van der Waals surface area contributed by atoms with E-state index in [9.17, 15) is 9.59 Å². The fraction of sp³-hybridized carbons (Fsp3) is 0.368. The van der Waals surface area contributed by atoms with Gasteiger partial charge in [-0.3, -0.25) is 14.5 Å². The van der Waals surface area contributed by atoms with Crippen molar-refractivity contribution >= 4 is 28.3 Å². The van der Waals surface area contributed by atoms with Crippen LogP contribution in [0, 0.1) is 0 Å². The first-order valence-electron chi connectivity index (χ1n) is 8.31. The van der Waals surface area contributed by atoms with Gasteiger partial charge in [0.25, 0.3) is 11.8 Å². The Morgan fingerprint density at radius 1 is 0.826 bits per heavy atom. The molecule has 0 radical (unpaired) electrons. The minimum absolute atomic E-state index is 0.207. The average Bonchev–Trinajstić information content (AvgIpc) is 2.86. The highest BCUT2D eigenvalue weighted by molar-refractivity contribution is 6.26. The summed E-state index contributed by atoms with van der Waals surface area (Å²) in [4.78, 5) is 28.5. The van der Waals surface area contributed by atoms with Gasteiger partial charge in [0, 0.05) is 47.7 Å². The lowest BCUT2D eigenvalue weighted by Gasteiger charge is -2.28. The molecule has 0 aromatic heterocycles. The zero-order valence-corrected chi connectivity index (χ0v) is 13.3. The fourth-order valence-electron chi connectivity index (χ4n) is 3.79. The largest absolute Gasteiger partial charge is 0.371 e. The van der Waals surface area contributed by atoms with Crippen LogP contribution in [0.15, 0.2) is 30.3 Å². The van der Waals surface area contributed by atoms with Crippen molar-refractivity contribution in [3.63, 3.8) is 0 Å². The molecule has 2 heterocycles. The summed E-state index contributed by atoms with van der Waals surface area (Å²) in [6.07, 6.45) is 4.95. The van der Waals surface area contributed by atoms with E-state index >= 15 is 0 Å². The number of nitrogens with zero attached hydrogens (tertiary/aromatic N) is 2. The van der Waals surface area contributed by atoms with Crippen molar-refractivity contribution in [3.05, 3.63) is 41.5 Å². The molecule has 4 rings (SSSR count). The Morgan fingerprint density at radius 2 is 1.48 bits per heavy atom. The van der Waals surface area contributed by atoms with Crippen molar-refractivity contribution in [1.82, 2.24) is 4.90 Å². The van der Waals surface area contributed by atoms with Gasteiger partial charge in [-0.15, -0.1) is 0 Å². The van der Waals surface area contributed by atoms with Gasteiger partial charge in [-0.05, 0) is 31.0 Å². The lowest BCUT2D eigenvalue weighted by atomic mass is 9.93. The van der Waals surface area contributed by atoms with Crippen molar-refractivity contribution in [2.24, 2.45) is 0 Å². The molecule has 4 nitrogen and oxygen atoms in total. The molecule has 118 valence electrons. The van der Waals surface area contributed by atoms with Crippen LogP contribution in [0.4, 0.5) is 5.69 Å². The minimum Gasteiger partial charge on any atom is -0.371 e. The molecule has 2 amide bonds. The summed E-state index contributed by atoms with van der Waals surface area (Å²) in [5.41, 5.74) is 2.42. The number of hydrogen-bond donors (Lipinski definition) is 0. The molecule has 0 unspecified atom stereocenters. The van der Waals surface area contributed by atoms with Crippen molar-refractivity contribution in [2.75, 3.05) is 25.0 Å². The summed E-state index contributed by atoms with van der Waals surface area (Å²) in [7, 11) is 1.55. The van der Waals surface area contributed by atoms with Gasteiger partial charge in [-0.2, -0.15) is 0 Å². The summed E-state index contributed by atoms with van der Waals surface area (Å²) < 4.78 is 0. The average molecular weight is 308 g/mol. The molecule has 4 heteroatoms. The molecule has 2 aromatic carbocycles. The Labute approximate surface area is 135 Å². The molecule has 0 N–H and O–H groups in total. The first-order valence-corrected chi connectivity index (χ1v) is 8.31. The predicted octanol–water partition coefficient (Wildman–Crippen LogP) is 3.45. The molecule has 1 fully saturated rings. The highest BCUT2D eigenvalue weighted by Gasteiger charge is 2.31. The zero-order chi connectivity index (χ0) is 16.0. The fourth-order valence-corrected chi connectivity index (χ4v) is 3.79. The molecule has 2 aromatic rings. The van der Waals surface area contributed by atoms with E-state index in [0.717, 1.165) is 29.5 Å². The molecular weight excluding hydrogens is 288 g/mol. The third-order valence-corrected chi connectivity index (χ3v) is 5.03. The van der Waals surface area contributed by atoms with E-state index < -0.39 is 0 Å². The molecule has 23 heavy (non-hydrogen) atoms. The Morgan fingerprint density at radius 3 is 2.17 bits per heavy atom. The van der Waals surface area contributed by atoms with E-state index in [1.807, 2.05) is 30.3 Å². The lowest BCUT2D eigenvalue weighted by Crippen LogP contribution is -2.37. The molecule has 0 spiro atoms. The first-order chi connectivity index (χ1) is 11.2. The van der Waals surface area contributed by atoms with Crippen LogP contribution < -0.4 is 4.90 Å². The van der Waals surface area contributed by atoms with Gasteiger partial charge >= 0.3 is 0 Å². The molecule has 1 saturated heterocycles. The molecule has 0 saturated carbocycles. The second-order valence-corrected chi connectivity index (χ2v) is 6.43. The number of carbonyl (C=O) groups excluding carboxylic acids is 2. The van der Waals surface area contributed by atoms with Crippen LogP contribution in [0.5, 0.6) is 0 Å². The third kappa shape index (κ3) is 2.12. The van der Waals surface area contributed by atoms with Gasteiger partial charge in [0.15, 0.2) is 0 Å². The summed E-state index contributed by atoms with van der Waals surface area (Å²) in [5, 5.41) is 1.85. The van der Waals surface area contributed by atoms with Crippen LogP contribution in [-0.4, -0.2) is 36.9 Å². The molecule has 0 aliphatic carbocycles. The van der Waals surface area contributed by atoms with Crippen molar-refractivity contribution in [2.45, 2.75) is 25.7 Å². The minimum atomic E-state index is -0.207. The van der Waals surface area contributed by atoms with E-state index in [1.54, 1.807) is 7.05 Å². The zero-order valence-electron chi connectivity index (χ0n) is 13.3.